The molecule has 0 radical (unpaired) electrons. The number of hydrogen-bond acceptors (Lipinski definition) is 8. The van der Waals surface area contributed by atoms with Gasteiger partial charge in [-0.05, 0) is 36.8 Å². The number of carbonyl (C=O) groups is 1. The predicted octanol–water partition coefficient (Wildman–Crippen LogP) is 4.93. The first-order valence-corrected chi connectivity index (χ1v) is 13.2. The molecule has 1 aliphatic carbocycles. The highest BCUT2D eigenvalue weighted by atomic mass is 19.4. The molecule has 6 rings (SSSR count). The van der Waals surface area contributed by atoms with Crippen LogP contribution >= 0.6 is 0 Å². The van der Waals surface area contributed by atoms with Gasteiger partial charge in [-0.2, -0.15) is 13.2 Å². The third kappa shape index (κ3) is 4.92. The summed E-state index contributed by atoms with van der Waals surface area (Å²) in [4.78, 5) is 13.0. The second kappa shape index (κ2) is 10.4. The molecule has 2 aromatic heterocycles. The topological polar surface area (TPSA) is 133 Å². The number of carboxylic acids is 1. The number of nitrogens with zero attached hydrogens (tertiary/aromatic N) is 3. The van der Waals surface area contributed by atoms with Crippen molar-refractivity contribution in [1.29, 1.82) is 0 Å². The van der Waals surface area contributed by atoms with Gasteiger partial charge in [-0.15, -0.1) is 0 Å². The van der Waals surface area contributed by atoms with E-state index in [1.165, 1.54) is 12.1 Å². The van der Waals surface area contributed by atoms with Gasteiger partial charge in [0.15, 0.2) is 17.2 Å². The maximum atomic E-state index is 14.2. The van der Waals surface area contributed by atoms with Crippen LogP contribution in [0.25, 0.3) is 34.0 Å². The van der Waals surface area contributed by atoms with Crippen molar-refractivity contribution in [1.82, 2.24) is 15.2 Å². The number of aromatic nitrogens is 2. The van der Waals surface area contributed by atoms with Crippen molar-refractivity contribution in [3.63, 3.8) is 0 Å². The van der Waals surface area contributed by atoms with Crippen LogP contribution in [0.3, 0.4) is 0 Å². The molecule has 2 aliphatic rings. The molecule has 0 spiro atoms. The molecule has 3 atom stereocenters. The lowest BCUT2D eigenvalue weighted by Crippen LogP contribution is -2.47. The molecular formula is C29H26F3N3O6. The van der Waals surface area contributed by atoms with Crippen molar-refractivity contribution in [3.8, 4) is 34.0 Å². The van der Waals surface area contributed by atoms with E-state index in [1.54, 1.807) is 41.3 Å². The molecular weight excluding hydrogens is 543 g/mol. The number of piperidine rings is 1. The van der Waals surface area contributed by atoms with E-state index in [4.69, 9.17) is 9.05 Å². The number of aryl methyl sites for hydroxylation is 1. The molecule has 41 heavy (non-hydrogen) atoms. The van der Waals surface area contributed by atoms with Gasteiger partial charge in [0.25, 0.3) is 0 Å². The Kier molecular flexibility index (Phi) is 6.92. The Labute approximate surface area is 231 Å². The summed E-state index contributed by atoms with van der Waals surface area (Å²) in [5.74, 6) is -2.06. The van der Waals surface area contributed by atoms with Crippen LogP contribution in [0, 0.1) is 5.92 Å². The number of benzene rings is 2. The molecule has 12 heteroatoms. The van der Waals surface area contributed by atoms with E-state index in [1.807, 2.05) is 0 Å². The number of aliphatic hydroxyl groups is 2. The van der Waals surface area contributed by atoms with Crippen LogP contribution in [0.4, 0.5) is 13.2 Å². The zero-order valence-electron chi connectivity index (χ0n) is 21.6. The Balaban J connectivity index is 1.30. The highest BCUT2D eigenvalue weighted by Crippen LogP contribution is 2.46. The Morgan fingerprint density at radius 1 is 1.00 bits per heavy atom. The molecule has 1 fully saturated rings. The minimum Gasteiger partial charge on any atom is -0.481 e. The predicted molar refractivity (Wildman–Crippen MR) is 138 cm³/mol. The van der Waals surface area contributed by atoms with Crippen LogP contribution in [0.5, 0.6) is 0 Å². The molecule has 1 aliphatic heterocycles. The molecule has 3 heterocycles. The fourth-order valence-corrected chi connectivity index (χ4v) is 5.75. The van der Waals surface area contributed by atoms with E-state index >= 15 is 0 Å². The fourth-order valence-electron chi connectivity index (χ4n) is 5.75. The molecule has 9 nitrogen and oxygen atoms in total. The molecule has 3 N–H and O–H groups in total. The number of fused-ring (bicyclic) bond motifs is 3. The van der Waals surface area contributed by atoms with E-state index in [2.05, 4.69) is 10.3 Å². The summed E-state index contributed by atoms with van der Waals surface area (Å²) >= 11 is 0. The summed E-state index contributed by atoms with van der Waals surface area (Å²) in [5.41, 5.74) is 1.42. The Hall–Kier alpha value is -4.00. The molecule has 1 saturated heterocycles. The first kappa shape index (κ1) is 27.2. The number of hydrogen-bond donors (Lipinski definition) is 3. The van der Waals surface area contributed by atoms with Gasteiger partial charge < -0.3 is 24.4 Å². The standard InChI is InChI=1S/C29H26F3N3O6/c30-29(31,32)21-23(34-40-25(21)15-5-2-1-3-6-15)26-20-11-8-16-13-17(9-10-19(16)22(20)33-41-26)24(36)27(37)35-12-4-7-18(14-35)28(38)39/h1-3,5-6,9-10,13,18,24,27,36-37H,4,7-8,11-12,14H2,(H,38,39)/t18-,24+,27?/m0/s1. The van der Waals surface area contributed by atoms with Crippen molar-refractivity contribution in [2.45, 2.75) is 44.2 Å². The molecule has 1 unspecified atom stereocenters. The van der Waals surface area contributed by atoms with Gasteiger partial charge in [0.2, 0.25) is 0 Å². The summed E-state index contributed by atoms with van der Waals surface area (Å²) in [6.45, 7) is 0.601. The Morgan fingerprint density at radius 2 is 1.73 bits per heavy atom. The maximum absolute atomic E-state index is 14.2. The third-order valence-electron chi connectivity index (χ3n) is 7.84. The first-order valence-electron chi connectivity index (χ1n) is 13.2. The third-order valence-corrected chi connectivity index (χ3v) is 7.84. The van der Waals surface area contributed by atoms with Crippen molar-refractivity contribution in [2.24, 2.45) is 5.92 Å². The van der Waals surface area contributed by atoms with Gasteiger partial charge in [-0.25, -0.2) is 0 Å². The first-order chi connectivity index (χ1) is 19.6. The number of aliphatic carboxylic acids is 1. The number of rotatable bonds is 6. The molecule has 0 amide bonds. The number of likely N-dealkylation sites (tertiary alicyclic amines) is 1. The Morgan fingerprint density at radius 3 is 2.46 bits per heavy atom. The fraction of sp³-hybridized carbons (Fsp3) is 0.345. The number of aliphatic hydroxyl groups excluding tert-OH is 2. The quantitative estimate of drug-likeness (QED) is 0.296. The van der Waals surface area contributed by atoms with Crippen LogP contribution in [-0.4, -0.2) is 55.8 Å². The highest BCUT2D eigenvalue weighted by Gasteiger charge is 2.43. The lowest BCUT2D eigenvalue weighted by molar-refractivity contribution is -0.148. The minimum atomic E-state index is -4.77. The van der Waals surface area contributed by atoms with Crippen LogP contribution < -0.4 is 0 Å². The second-order valence-electron chi connectivity index (χ2n) is 10.4. The van der Waals surface area contributed by atoms with Crippen LogP contribution in [-0.2, 0) is 23.8 Å². The second-order valence-corrected chi connectivity index (χ2v) is 10.4. The van der Waals surface area contributed by atoms with Gasteiger partial charge in [0, 0.05) is 29.8 Å². The van der Waals surface area contributed by atoms with E-state index in [9.17, 15) is 33.3 Å². The van der Waals surface area contributed by atoms with Crippen molar-refractivity contribution >= 4 is 5.97 Å². The summed E-state index contributed by atoms with van der Waals surface area (Å²) in [6.07, 6.45) is -5.51. The van der Waals surface area contributed by atoms with Gasteiger partial charge in [0.1, 0.15) is 23.6 Å². The summed E-state index contributed by atoms with van der Waals surface area (Å²) in [5, 5.41) is 38.9. The highest BCUT2D eigenvalue weighted by molar-refractivity contribution is 5.79. The van der Waals surface area contributed by atoms with Crippen LogP contribution in [0.1, 0.15) is 41.2 Å². The van der Waals surface area contributed by atoms with Gasteiger partial charge in [0.05, 0.1) is 5.92 Å². The lowest BCUT2D eigenvalue weighted by atomic mass is 9.86. The van der Waals surface area contributed by atoms with E-state index in [0.717, 1.165) is 5.56 Å². The Bertz CT molecular complexity index is 1580. The number of halogens is 3. The SMILES string of the molecule is O=C(O)[C@H]1CCCN(C(O)[C@H](O)c2ccc3c(c2)CCc2c-3noc2-c2noc(-c3ccccc3)c2C(F)(F)F)C1. The smallest absolute Gasteiger partial charge is 0.422 e. The molecule has 214 valence electrons. The van der Waals surface area contributed by atoms with E-state index in [-0.39, 0.29) is 17.9 Å². The average Bonchev–Trinajstić information content (AvgIpc) is 3.61. The normalized spacial score (nSPS) is 18.9. The molecule has 0 saturated carbocycles. The maximum Gasteiger partial charge on any atom is 0.422 e. The average molecular weight is 570 g/mol. The van der Waals surface area contributed by atoms with Crippen molar-refractivity contribution in [2.75, 3.05) is 13.1 Å². The zero-order valence-corrected chi connectivity index (χ0v) is 21.6. The van der Waals surface area contributed by atoms with Gasteiger partial charge >= 0.3 is 12.1 Å². The van der Waals surface area contributed by atoms with E-state index in [0.29, 0.717) is 54.6 Å². The van der Waals surface area contributed by atoms with Crippen LogP contribution in [0.15, 0.2) is 57.6 Å². The summed E-state index contributed by atoms with van der Waals surface area (Å²) < 4.78 is 53.3. The molecule has 0 bridgehead atoms. The lowest BCUT2D eigenvalue weighted by Gasteiger charge is -2.36. The monoisotopic (exact) mass is 569 g/mol. The largest absolute Gasteiger partial charge is 0.481 e. The van der Waals surface area contributed by atoms with Crippen molar-refractivity contribution < 1.29 is 42.3 Å². The minimum absolute atomic E-state index is 0.110. The van der Waals surface area contributed by atoms with Crippen molar-refractivity contribution in [3.05, 3.63) is 70.8 Å². The van der Waals surface area contributed by atoms with Gasteiger partial charge in [-0.1, -0.05) is 58.8 Å². The summed E-state index contributed by atoms with van der Waals surface area (Å²) in [7, 11) is 0. The van der Waals surface area contributed by atoms with Gasteiger partial charge in [-0.3, -0.25) is 9.69 Å². The van der Waals surface area contributed by atoms with Crippen LogP contribution in [0.2, 0.25) is 0 Å². The summed E-state index contributed by atoms with van der Waals surface area (Å²) in [6, 6.07) is 12.9. The number of carboxylic acid groups (broad SMARTS) is 1. The zero-order chi connectivity index (χ0) is 28.9. The molecule has 2 aromatic carbocycles. The number of alkyl halides is 3. The molecule has 4 aromatic rings. The van der Waals surface area contributed by atoms with E-state index < -0.39 is 47.4 Å².